The van der Waals surface area contributed by atoms with Crippen molar-refractivity contribution >= 4 is 10.9 Å². The van der Waals surface area contributed by atoms with E-state index in [0.29, 0.717) is 6.04 Å². The van der Waals surface area contributed by atoms with Crippen LogP contribution in [0.2, 0.25) is 0 Å². The summed E-state index contributed by atoms with van der Waals surface area (Å²) in [6, 6.07) is 10.6. The summed E-state index contributed by atoms with van der Waals surface area (Å²) in [7, 11) is 0. The smallest absolute Gasteiger partial charge is 0.0705 e. The largest absolute Gasteiger partial charge is 0.309 e. The standard InChI is InChI=1S/C15H16N2/c1-3-6-12(2)17-11-13-9-10-16-15-8-5-4-7-14(13)15/h1,4-5,7-10,12,17H,6,11H2,2H3. The third-order valence-electron chi connectivity index (χ3n) is 2.80. The Bertz CT molecular complexity index is 535. The number of terminal acetylenes is 1. The van der Waals surface area contributed by atoms with E-state index < -0.39 is 0 Å². The first-order valence-electron chi connectivity index (χ1n) is 5.80. The van der Waals surface area contributed by atoms with Crippen LogP contribution < -0.4 is 5.32 Å². The van der Waals surface area contributed by atoms with Crippen molar-refractivity contribution in [3.63, 3.8) is 0 Å². The number of hydrogen-bond donors (Lipinski definition) is 1. The topological polar surface area (TPSA) is 24.9 Å². The van der Waals surface area contributed by atoms with Gasteiger partial charge in [0, 0.05) is 30.6 Å². The molecule has 0 aliphatic carbocycles. The van der Waals surface area contributed by atoms with E-state index in [0.717, 1.165) is 18.5 Å². The number of rotatable bonds is 4. The van der Waals surface area contributed by atoms with Gasteiger partial charge in [-0.3, -0.25) is 4.98 Å². The van der Waals surface area contributed by atoms with Crippen molar-refractivity contribution in [2.75, 3.05) is 0 Å². The molecule has 1 heterocycles. The first-order valence-corrected chi connectivity index (χ1v) is 5.80. The molecule has 1 N–H and O–H groups in total. The Morgan fingerprint density at radius 2 is 2.18 bits per heavy atom. The molecule has 0 saturated heterocycles. The summed E-state index contributed by atoms with van der Waals surface area (Å²) in [6.45, 7) is 2.93. The highest BCUT2D eigenvalue weighted by molar-refractivity contribution is 5.81. The van der Waals surface area contributed by atoms with Gasteiger partial charge in [-0.15, -0.1) is 12.3 Å². The molecular weight excluding hydrogens is 208 g/mol. The minimum Gasteiger partial charge on any atom is -0.309 e. The Kier molecular flexibility index (Phi) is 3.74. The maximum atomic E-state index is 5.29. The van der Waals surface area contributed by atoms with Gasteiger partial charge in [0.1, 0.15) is 0 Å². The Labute approximate surface area is 102 Å². The summed E-state index contributed by atoms with van der Waals surface area (Å²) >= 11 is 0. The SMILES string of the molecule is C#CCC(C)NCc1ccnc2ccccc12. The number of aromatic nitrogens is 1. The maximum absolute atomic E-state index is 5.29. The predicted octanol–water partition coefficient (Wildman–Crippen LogP) is 2.74. The van der Waals surface area contributed by atoms with Gasteiger partial charge in [0.15, 0.2) is 0 Å². The lowest BCUT2D eigenvalue weighted by Crippen LogP contribution is -2.24. The van der Waals surface area contributed by atoms with Gasteiger partial charge in [-0.2, -0.15) is 0 Å². The highest BCUT2D eigenvalue weighted by Crippen LogP contribution is 2.15. The van der Waals surface area contributed by atoms with Crippen molar-refractivity contribution in [2.45, 2.75) is 25.9 Å². The molecule has 86 valence electrons. The molecule has 1 unspecified atom stereocenters. The fraction of sp³-hybridized carbons (Fsp3) is 0.267. The van der Waals surface area contributed by atoms with Crippen molar-refractivity contribution in [3.05, 3.63) is 42.1 Å². The van der Waals surface area contributed by atoms with Crippen LogP contribution in [-0.4, -0.2) is 11.0 Å². The summed E-state index contributed by atoms with van der Waals surface area (Å²) in [5, 5.41) is 4.63. The maximum Gasteiger partial charge on any atom is 0.0705 e. The van der Waals surface area contributed by atoms with E-state index in [9.17, 15) is 0 Å². The summed E-state index contributed by atoms with van der Waals surface area (Å²) < 4.78 is 0. The molecule has 2 nitrogen and oxygen atoms in total. The first kappa shape index (κ1) is 11.6. The van der Waals surface area contributed by atoms with Gasteiger partial charge in [0.2, 0.25) is 0 Å². The molecule has 0 amide bonds. The van der Waals surface area contributed by atoms with Crippen LogP contribution in [0.3, 0.4) is 0 Å². The van der Waals surface area contributed by atoms with Gasteiger partial charge in [-0.1, -0.05) is 18.2 Å². The van der Waals surface area contributed by atoms with E-state index in [1.54, 1.807) is 0 Å². The Morgan fingerprint density at radius 1 is 1.35 bits per heavy atom. The van der Waals surface area contributed by atoms with E-state index in [2.05, 4.69) is 35.3 Å². The Hall–Kier alpha value is -1.85. The monoisotopic (exact) mass is 224 g/mol. The molecule has 2 rings (SSSR count). The van der Waals surface area contributed by atoms with Gasteiger partial charge in [-0.25, -0.2) is 0 Å². The number of fused-ring (bicyclic) bond motifs is 1. The zero-order chi connectivity index (χ0) is 12.1. The van der Waals surface area contributed by atoms with Crippen molar-refractivity contribution in [1.82, 2.24) is 10.3 Å². The summed E-state index contributed by atoms with van der Waals surface area (Å²) in [6.07, 6.45) is 7.89. The summed E-state index contributed by atoms with van der Waals surface area (Å²) in [4.78, 5) is 4.35. The van der Waals surface area contributed by atoms with E-state index in [-0.39, 0.29) is 0 Å². The van der Waals surface area contributed by atoms with Gasteiger partial charge < -0.3 is 5.32 Å². The number of nitrogens with one attached hydrogen (secondary N) is 1. The lowest BCUT2D eigenvalue weighted by atomic mass is 10.1. The molecule has 17 heavy (non-hydrogen) atoms. The zero-order valence-electron chi connectivity index (χ0n) is 9.98. The lowest BCUT2D eigenvalue weighted by molar-refractivity contribution is 0.561. The highest BCUT2D eigenvalue weighted by Gasteiger charge is 2.03. The molecule has 2 aromatic rings. The normalized spacial score (nSPS) is 12.2. The van der Waals surface area contributed by atoms with Crippen LogP contribution in [-0.2, 0) is 6.54 Å². The molecule has 0 saturated carbocycles. The van der Waals surface area contributed by atoms with Crippen LogP contribution >= 0.6 is 0 Å². The van der Waals surface area contributed by atoms with E-state index in [1.165, 1.54) is 10.9 Å². The van der Waals surface area contributed by atoms with Crippen LogP contribution in [0.15, 0.2) is 36.5 Å². The number of hydrogen-bond acceptors (Lipinski definition) is 2. The molecule has 0 radical (unpaired) electrons. The van der Waals surface area contributed by atoms with E-state index in [1.807, 2.05) is 24.4 Å². The van der Waals surface area contributed by atoms with Crippen LogP contribution in [0, 0.1) is 12.3 Å². The minimum absolute atomic E-state index is 0.340. The van der Waals surface area contributed by atoms with Gasteiger partial charge in [0.05, 0.1) is 5.52 Å². The molecule has 1 aromatic heterocycles. The van der Waals surface area contributed by atoms with Crippen LogP contribution in [0.25, 0.3) is 10.9 Å². The number of benzene rings is 1. The molecule has 0 fully saturated rings. The lowest BCUT2D eigenvalue weighted by Gasteiger charge is -2.12. The highest BCUT2D eigenvalue weighted by atomic mass is 14.9. The van der Waals surface area contributed by atoms with Crippen LogP contribution in [0.1, 0.15) is 18.9 Å². The van der Waals surface area contributed by atoms with E-state index >= 15 is 0 Å². The Balaban J connectivity index is 2.16. The molecule has 0 bridgehead atoms. The second-order valence-corrected chi connectivity index (χ2v) is 4.18. The summed E-state index contributed by atoms with van der Waals surface area (Å²) in [5.74, 6) is 2.67. The third-order valence-corrected chi connectivity index (χ3v) is 2.80. The van der Waals surface area contributed by atoms with Crippen molar-refractivity contribution in [2.24, 2.45) is 0 Å². The van der Waals surface area contributed by atoms with Crippen LogP contribution in [0.4, 0.5) is 0 Å². The quantitative estimate of drug-likeness (QED) is 0.808. The average Bonchev–Trinajstić information content (AvgIpc) is 2.36. The fourth-order valence-electron chi connectivity index (χ4n) is 1.84. The van der Waals surface area contributed by atoms with Crippen molar-refractivity contribution < 1.29 is 0 Å². The molecule has 0 aliphatic heterocycles. The molecule has 1 aromatic carbocycles. The van der Waals surface area contributed by atoms with E-state index in [4.69, 9.17) is 6.42 Å². The second kappa shape index (κ2) is 5.47. The third kappa shape index (κ3) is 2.83. The zero-order valence-corrected chi connectivity index (χ0v) is 9.98. The van der Waals surface area contributed by atoms with Gasteiger partial charge in [0.25, 0.3) is 0 Å². The number of nitrogens with zero attached hydrogens (tertiary/aromatic N) is 1. The molecule has 0 spiro atoms. The minimum atomic E-state index is 0.340. The van der Waals surface area contributed by atoms with Crippen molar-refractivity contribution in [1.29, 1.82) is 0 Å². The molecular formula is C15H16N2. The first-order chi connectivity index (χ1) is 8.31. The van der Waals surface area contributed by atoms with Crippen LogP contribution in [0.5, 0.6) is 0 Å². The predicted molar refractivity (Wildman–Crippen MR) is 71.5 cm³/mol. The molecule has 2 heteroatoms. The second-order valence-electron chi connectivity index (χ2n) is 4.18. The van der Waals surface area contributed by atoms with Gasteiger partial charge in [-0.05, 0) is 24.6 Å². The number of pyridine rings is 1. The fourth-order valence-corrected chi connectivity index (χ4v) is 1.84. The molecule has 1 atom stereocenters. The summed E-state index contributed by atoms with van der Waals surface area (Å²) in [5.41, 5.74) is 2.30. The molecule has 0 aliphatic rings. The van der Waals surface area contributed by atoms with Gasteiger partial charge >= 0.3 is 0 Å². The number of para-hydroxylation sites is 1. The van der Waals surface area contributed by atoms with Crippen molar-refractivity contribution in [3.8, 4) is 12.3 Å². The Morgan fingerprint density at radius 3 is 3.00 bits per heavy atom. The average molecular weight is 224 g/mol.